The highest BCUT2D eigenvalue weighted by Gasteiger charge is 2.22. The number of anilines is 2. The van der Waals surface area contributed by atoms with Crippen molar-refractivity contribution in [3.63, 3.8) is 0 Å². The predicted molar refractivity (Wildman–Crippen MR) is 118 cm³/mol. The van der Waals surface area contributed by atoms with Gasteiger partial charge in [-0.1, -0.05) is 48.0 Å². The van der Waals surface area contributed by atoms with Crippen LogP contribution in [0.1, 0.15) is 16.8 Å². The normalized spacial score (nSPS) is 11.0. The summed E-state index contributed by atoms with van der Waals surface area (Å²) in [5, 5.41) is 6.13. The lowest BCUT2D eigenvalue weighted by Crippen LogP contribution is -2.08. The molecule has 1 N–H and O–H groups in total. The fourth-order valence-corrected chi connectivity index (χ4v) is 4.46. The van der Waals surface area contributed by atoms with Gasteiger partial charge in [0.05, 0.1) is 18.6 Å². The largest absolute Gasteiger partial charge is 0.469 e. The Hall–Kier alpha value is -2.83. The van der Waals surface area contributed by atoms with Gasteiger partial charge in [-0.15, -0.1) is 11.3 Å². The van der Waals surface area contributed by atoms with Crippen molar-refractivity contribution in [3.8, 4) is 11.3 Å². The number of aryl methyl sites for hydroxylation is 2. The van der Waals surface area contributed by atoms with Gasteiger partial charge in [0.15, 0.2) is 4.96 Å². The number of imidazole rings is 1. The summed E-state index contributed by atoms with van der Waals surface area (Å²) in [6, 6.07) is 13.8. The molecule has 29 heavy (non-hydrogen) atoms. The van der Waals surface area contributed by atoms with Gasteiger partial charge in [-0.25, -0.2) is 4.98 Å². The molecular formula is C22H20ClN3O2S. The highest BCUT2D eigenvalue weighted by Crippen LogP contribution is 2.38. The number of para-hydroxylation sites is 1. The van der Waals surface area contributed by atoms with Crippen LogP contribution in [0.25, 0.3) is 16.2 Å². The summed E-state index contributed by atoms with van der Waals surface area (Å²) in [7, 11) is 1.39. The van der Waals surface area contributed by atoms with Crippen LogP contribution in [0.3, 0.4) is 0 Å². The Kier molecular flexibility index (Phi) is 5.30. The summed E-state index contributed by atoms with van der Waals surface area (Å²) in [4.78, 5) is 17.6. The van der Waals surface area contributed by atoms with Gasteiger partial charge in [-0.05, 0) is 31.0 Å². The van der Waals surface area contributed by atoms with E-state index in [1.165, 1.54) is 18.4 Å². The van der Waals surface area contributed by atoms with Crippen LogP contribution in [0.5, 0.6) is 0 Å². The Balaban J connectivity index is 1.95. The van der Waals surface area contributed by atoms with Gasteiger partial charge in [0, 0.05) is 22.3 Å². The molecule has 2 aromatic carbocycles. The molecule has 0 saturated heterocycles. The maximum atomic E-state index is 11.9. The molecule has 7 heteroatoms. The number of methoxy groups -OCH3 is 1. The van der Waals surface area contributed by atoms with E-state index in [1.54, 1.807) is 0 Å². The van der Waals surface area contributed by atoms with Crippen molar-refractivity contribution in [3.05, 3.63) is 69.7 Å². The zero-order chi connectivity index (χ0) is 20.5. The number of hydrogen-bond acceptors (Lipinski definition) is 5. The Bertz CT molecular complexity index is 1190. The summed E-state index contributed by atoms with van der Waals surface area (Å²) < 4.78 is 6.85. The number of carbonyl (C=O) groups excluding carboxylic acids is 1. The molecule has 0 fully saturated rings. The van der Waals surface area contributed by atoms with E-state index in [-0.39, 0.29) is 12.4 Å². The standard InChI is InChI=1S/C22H20ClN3O2S/c1-13-7-6-8-14(2)19(13)24-21-20(16-9-4-5-10-17(16)23)25-22-26(21)15(12-29-22)11-18(27)28-3/h4-10,12,24H,11H2,1-3H3. The van der Waals surface area contributed by atoms with Gasteiger partial charge in [-0.2, -0.15) is 0 Å². The Morgan fingerprint density at radius 2 is 1.90 bits per heavy atom. The smallest absolute Gasteiger partial charge is 0.311 e. The zero-order valence-electron chi connectivity index (χ0n) is 16.3. The van der Waals surface area contributed by atoms with Crippen LogP contribution in [0.15, 0.2) is 47.8 Å². The molecule has 4 aromatic rings. The van der Waals surface area contributed by atoms with Crippen molar-refractivity contribution in [2.75, 3.05) is 12.4 Å². The lowest BCUT2D eigenvalue weighted by atomic mass is 10.1. The predicted octanol–water partition coefficient (Wildman–Crippen LogP) is 5.79. The van der Waals surface area contributed by atoms with Gasteiger partial charge in [0.25, 0.3) is 0 Å². The van der Waals surface area contributed by atoms with Crippen LogP contribution in [0.4, 0.5) is 11.5 Å². The third-order valence-electron chi connectivity index (χ3n) is 4.84. The molecule has 0 unspecified atom stereocenters. The van der Waals surface area contributed by atoms with E-state index in [4.69, 9.17) is 21.3 Å². The topological polar surface area (TPSA) is 55.6 Å². The molecule has 5 nitrogen and oxygen atoms in total. The molecule has 0 atom stereocenters. The maximum Gasteiger partial charge on any atom is 0.311 e. The molecule has 0 aliphatic heterocycles. The highest BCUT2D eigenvalue weighted by atomic mass is 35.5. The molecule has 0 saturated carbocycles. The number of rotatable bonds is 5. The van der Waals surface area contributed by atoms with Crippen LogP contribution in [-0.2, 0) is 16.0 Å². The number of carbonyl (C=O) groups is 1. The number of nitrogens with one attached hydrogen (secondary N) is 1. The molecular weight excluding hydrogens is 406 g/mol. The second-order valence-corrected chi connectivity index (χ2v) is 8.02. The minimum atomic E-state index is -0.296. The Labute approximate surface area is 177 Å². The summed E-state index contributed by atoms with van der Waals surface area (Å²) >= 11 is 7.97. The first-order valence-electron chi connectivity index (χ1n) is 9.13. The third-order valence-corrected chi connectivity index (χ3v) is 6.05. The van der Waals surface area contributed by atoms with E-state index in [0.717, 1.165) is 44.5 Å². The van der Waals surface area contributed by atoms with Gasteiger partial charge >= 0.3 is 5.97 Å². The van der Waals surface area contributed by atoms with E-state index in [2.05, 4.69) is 31.3 Å². The van der Waals surface area contributed by atoms with Crippen molar-refractivity contribution < 1.29 is 9.53 Å². The summed E-state index contributed by atoms with van der Waals surface area (Å²) in [5.41, 5.74) is 5.65. The van der Waals surface area contributed by atoms with Gasteiger partial charge in [0.1, 0.15) is 11.5 Å². The van der Waals surface area contributed by atoms with Crippen LogP contribution >= 0.6 is 22.9 Å². The number of nitrogens with zero attached hydrogens (tertiary/aromatic N) is 2. The minimum absolute atomic E-state index is 0.163. The number of thiazole rings is 1. The average molecular weight is 426 g/mol. The molecule has 0 aliphatic carbocycles. The Morgan fingerprint density at radius 1 is 1.17 bits per heavy atom. The van der Waals surface area contributed by atoms with Crippen molar-refractivity contribution in [2.24, 2.45) is 0 Å². The quantitative estimate of drug-likeness (QED) is 0.411. The van der Waals surface area contributed by atoms with E-state index < -0.39 is 0 Å². The Morgan fingerprint density at radius 3 is 2.59 bits per heavy atom. The number of halogens is 1. The molecule has 2 heterocycles. The van der Waals surface area contributed by atoms with Crippen molar-refractivity contribution >= 4 is 45.4 Å². The number of ether oxygens (including phenoxy) is 1. The number of fused-ring (bicyclic) bond motifs is 1. The average Bonchev–Trinajstić information content (AvgIpc) is 3.25. The fraction of sp³-hybridized carbons (Fsp3) is 0.182. The molecule has 0 radical (unpaired) electrons. The SMILES string of the molecule is COC(=O)Cc1csc2nc(-c3ccccc3Cl)c(Nc3c(C)cccc3C)n12. The molecule has 0 spiro atoms. The van der Waals surface area contributed by atoms with Crippen molar-refractivity contribution in [1.82, 2.24) is 9.38 Å². The van der Waals surface area contributed by atoms with Crippen molar-refractivity contribution in [2.45, 2.75) is 20.3 Å². The molecule has 148 valence electrons. The molecule has 4 rings (SSSR count). The molecule has 0 amide bonds. The van der Waals surface area contributed by atoms with E-state index in [0.29, 0.717) is 5.02 Å². The van der Waals surface area contributed by atoms with Gasteiger partial charge in [-0.3, -0.25) is 9.20 Å². The van der Waals surface area contributed by atoms with Gasteiger partial charge in [0.2, 0.25) is 0 Å². The first-order valence-corrected chi connectivity index (χ1v) is 10.4. The first-order chi connectivity index (χ1) is 14.0. The van der Waals surface area contributed by atoms with Crippen LogP contribution in [-0.4, -0.2) is 22.5 Å². The monoisotopic (exact) mass is 425 g/mol. The number of benzene rings is 2. The lowest BCUT2D eigenvalue weighted by molar-refractivity contribution is -0.139. The van der Waals surface area contributed by atoms with E-state index >= 15 is 0 Å². The van der Waals surface area contributed by atoms with Crippen molar-refractivity contribution in [1.29, 1.82) is 0 Å². The summed E-state index contributed by atoms with van der Waals surface area (Å²) in [6.07, 6.45) is 0.163. The summed E-state index contributed by atoms with van der Waals surface area (Å²) in [6.45, 7) is 4.12. The van der Waals surface area contributed by atoms with E-state index in [9.17, 15) is 4.79 Å². The maximum absolute atomic E-state index is 11.9. The minimum Gasteiger partial charge on any atom is -0.469 e. The molecule has 0 bridgehead atoms. The van der Waals surface area contributed by atoms with E-state index in [1.807, 2.05) is 40.1 Å². The lowest BCUT2D eigenvalue weighted by Gasteiger charge is -2.15. The third kappa shape index (κ3) is 3.61. The molecule has 2 aromatic heterocycles. The van der Waals surface area contributed by atoms with Crippen LogP contribution < -0.4 is 5.32 Å². The first kappa shape index (κ1) is 19.5. The van der Waals surface area contributed by atoms with Crippen LogP contribution in [0.2, 0.25) is 5.02 Å². The van der Waals surface area contributed by atoms with Crippen LogP contribution in [0, 0.1) is 13.8 Å². The summed E-state index contributed by atoms with van der Waals surface area (Å²) in [5.74, 6) is 0.487. The number of aromatic nitrogens is 2. The molecule has 0 aliphatic rings. The number of esters is 1. The van der Waals surface area contributed by atoms with Gasteiger partial charge < -0.3 is 10.1 Å². The second-order valence-electron chi connectivity index (χ2n) is 6.78. The second kappa shape index (κ2) is 7.89. The zero-order valence-corrected chi connectivity index (χ0v) is 17.9. The fourth-order valence-electron chi connectivity index (χ4n) is 3.35. The number of hydrogen-bond donors (Lipinski definition) is 1. The highest BCUT2D eigenvalue weighted by molar-refractivity contribution is 7.15.